The summed E-state index contributed by atoms with van der Waals surface area (Å²) in [5.74, 6) is -0.374. The van der Waals surface area contributed by atoms with E-state index >= 15 is 0 Å². The van der Waals surface area contributed by atoms with Crippen LogP contribution in [0.3, 0.4) is 0 Å². The Balaban J connectivity index is 1.89. The molecule has 2 N–H and O–H groups in total. The minimum atomic E-state index is -0.434. The highest BCUT2D eigenvalue weighted by molar-refractivity contribution is 5.78. The fourth-order valence-corrected chi connectivity index (χ4v) is 3.62. The molecule has 0 bridgehead atoms. The van der Waals surface area contributed by atoms with Crippen molar-refractivity contribution in [3.05, 3.63) is 35.4 Å². The van der Waals surface area contributed by atoms with Gasteiger partial charge in [0, 0.05) is 25.0 Å². The highest BCUT2D eigenvalue weighted by Gasteiger charge is 2.30. The average molecular weight is 338 g/mol. The van der Waals surface area contributed by atoms with Crippen molar-refractivity contribution in [1.82, 2.24) is 4.90 Å². The van der Waals surface area contributed by atoms with Crippen LogP contribution in [0.5, 0.6) is 0 Å². The lowest BCUT2D eigenvalue weighted by atomic mass is 9.79. The Labute approximate surface area is 143 Å². The molecule has 1 saturated carbocycles. The first-order valence-electron chi connectivity index (χ1n) is 8.75. The van der Waals surface area contributed by atoms with Crippen molar-refractivity contribution in [2.24, 2.45) is 17.6 Å². The number of hydrogen-bond acceptors (Lipinski definition) is 2. The molecule has 134 valence electrons. The molecule has 1 aliphatic carbocycles. The van der Waals surface area contributed by atoms with Crippen LogP contribution in [-0.2, 0) is 11.2 Å². The number of rotatable bonds is 5. The summed E-state index contributed by atoms with van der Waals surface area (Å²) in [4.78, 5) is 14.0. The molecular weight excluding hydrogens is 310 g/mol. The predicted octanol–water partition coefficient (Wildman–Crippen LogP) is 3.51. The lowest BCUT2D eigenvalue weighted by Gasteiger charge is -2.37. The van der Waals surface area contributed by atoms with Crippen molar-refractivity contribution < 1.29 is 13.6 Å². The van der Waals surface area contributed by atoms with E-state index in [1.54, 1.807) is 0 Å². The van der Waals surface area contributed by atoms with E-state index in [1.165, 1.54) is 6.07 Å². The smallest absolute Gasteiger partial charge is 0.225 e. The second-order valence-corrected chi connectivity index (χ2v) is 7.28. The van der Waals surface area contributed by atoms with E-state index in [2.05, 4.69) is 0 Å². The second-order valence-electron chi connectivity index (χ2n) is 7.28. The first kappa shape index (κ1) is 18.8. The zero-order valence-corrected chi connectivity index (χ0v) is 14.8. The molecule has 24 heavy (non-hydrogen) atoms. The highest BCUT2D eigenvalue weighted by atomic mass is 19.1. The molecule has 0 spiro atoms. The molecule has 0 saturated heterocycles. The molecule has 5 heteroatoms. The number of nitrogens with zero attached hydrogens (tertiary/aromatic N) is 1. The van der Waals surface area contributed by atoms with E-state index in [0.717, 1.165) is 37.8 Å². The zero-order valence-electron chi connectivity index (χ0n) is 14.8. The van der Waals surface area contributed by atoms with Crippen molar-refractivity contribution in [3.8, 4) is 0 Å². The molecular formula is C19H28F2N2O. The van der Waals surface area contributed by atoms with Gasteiger partial charge in [-0.05, 0) is 61.8 Å². The van der Waals surface area contributed by atoms with E-state index in [0.29, 0.717) is 12.0 Å². The maximum absolute atomic E-state index is 13.8. The monoisotopic (exact) mass is 338 g/mol. The summed E-state index contributed by atoms with van der Waals surface area (Å²) in [6.07, 6.45) is 4.01. The van der Waals surface area contributed by atoms with Gasteiger partial charge in [0.25, 0.3) is 0 Å². The maximum Gasteiger partial charge on any atom is 0.225 e. The molecule has 1 aromatic carbocycles. The standard InChI is InChI=1S/C19H28F2N2O/c1-12(2)19(24)23(3)16-7-4-13(5-8-16)18(22)11-14-10-15(20)6-9-17(14)21/h6,9-10,12-13,16,18H,4-5,7-8,11,22H2,1-3H3/t13?,16?,18-/m1/s1. The SMILES string of the molecule is CC(C)C(=O)N(C)C1CCC([C@H](N)Cc2cc(F)ccc2F)CC1. The largest absolute Gasteiger partial charge is 0.343 e. The molecule has 0 heterocycles. The van der Waals surface area contributed by atoms with Gasteiger partial charge >= 0.3 is 0 Å². The van der Waals surface area contributed by atoms with Crippen molar-refractivity contribution in [2.45, 2.75) is 58.0 Å². The van der Waals surface area contributed by atoms with Gasteiger partial charge in [0.15, 0.2) is 0 Å². The fraction of sp³-hybridized carbons (Fsp3) is 0.632. The Hall–Kier alpha value is -1.49. The second kappa shape index (κ2) is 8.06. The number of hydrogen-bond donors (Lipinski definition) is 1. The average Bonchev–Trinajstić information content (AvgIpc) is 2.56. The summed E-state index contributed by atoms with van der Waals surface area (Å²) in [5.41, 5.74) is 6.60. The van der Waals surface area contributed by atoms with Crippen LogP contribution < -0.4 is 5.73 Å². The molecule has 1 aliphatic rings. The Morgan fingerprint density at radius 1 is 1.25 bits per heavy atom. The van der Waals surface area contributed by atoms with Crippen molar-refractivity contribution >= 4 is 5.91 Å². The Morgan fingerprint density at radius 3 is 2.46 bits per heavy atom. The first-order valence-corrected chi connectivity index (χ1v) is 8.75. The van der Waals surface area contributed by atoms with Crippen LogP contribution in [0.2, 0.25) is 0 Å². The van der Waals surface area contributed by atoms with Crippen LogP contribution in [0.4, 0.5) is 8.78 Å². The number of carbonyl (C=O) groups excluding carboxylic acids is 1. The lowest BCUT2D eigenvalue weighted by molar-refractivity contribution is -0.136. The van der Waals surface area contributed by atoms with Crippen molar-refractivity contribution in [3.63, 3.8) is 0 Å². The number of halogens is 2. The van der Waals surface area contributed by atoms with Crippen LogP contribution in [-0.4, -0.2) is 29.9 Å². The van der Waals surface area contributed by atoms with E-state index in [4.69, 9.17) is 5.73 Å². The molecule has 0 aromatic heterocycles. The van der Waals surface area contributed by atoms with Gasteiger partial charge in [-0.1, -0.05) is 13.8 Å². The maximum atomic E-state index is 13.8. The molecule has 2 rings (SSSR count). The van der Waals surface area contributed by atoms with Gasteiger partial charge in [-0.2, -0.15) is 0 Å². The lowest BCUT2D eigenvalue weighted by Crippen LogP contribution is -2.44. The predicted molar refractivity (Wildman–Crippen MR) is 91.4 cm³/mol. The Morgan fingerprint density at radius 2 is 1.88 bits per heavy atom. The summed E-state index contributed by atoms with van der Waals surface area (Å²) in [7, 11) is 1.87. The molecule has 0 unspecified atom stereocenters. The number of benzene rings is 1. The van der Waals surface area contributed by atoms with Crippen LogP contribution in [0.1, 0.15) is 45.1 Å². The summed E-state index contributed by atoms with van der Waals surface area (Å²) in [6, 6.07) is 3.58. The zero-order chi connectivity index (χ0) is 17.9. The van der Waals surface area contributed by atoms with Crippen molar-refractivity contribution in [2.75, 3.05) is 7.05 Å². The third-order valence-corrected chi connectivity index (χ3v) is 5.20. The van der Waals surface area contributed by atoms with E-state index in [9.17, 15) is 13.6 Å². The van der Waals surface area contributed by atoms with Gasteiger partial charge in [-0.15, -0.1) is 0 Å². The van der Waals surface area contributed by atoms with Crippen molar-refractivity contribution in [1.29, 1.82) is 0 Å². The Kier molecular flexibility index (Phi) is 6.33. The normalized spacial score (nSPS) is 22.5. The molecule has 1 fully saturated rings. The molecule has 3 nitrogen and oxygen atoms in total. The van der Waals surface area contributed by atoms with E-state index in [1.807, 2.05) is 25.8 Å². The van der Waals surface area contributed by atoms with Crippen LogP contribution in [0.25, 0.3) is 0 Å². The van der Waals surface area contributed by atoms with Gasteiger partial charge in [0.05, 0.1) is 0 Å². The summed E-state index contributed by atoms with van der Waals surface area (Å²) in [5, 5.41) is 0. The molecule has 1 atom stereocenters. The van der Waals surface area contributed by atoms with E-state index < -0.39 is 11.6 Å². The summed E-state index contributed by atoms with van der Waals surface area (Å²) < 4.78 is 27.0. The summed E-state index contributed by atoms with van der Waals surface area (Å²) >= 11 is 0. The minimum absolute atomic E-state index is 0.00549. The molecule has 0 radical (unpaired) electrons. The van der Waals surface area contributed by atoms with Gasteiger partial charge in [0.2, 0.25) is 5.91 Å². The van der Waals surface area contributed by atoms with Crippen LogP contribution in [0, 0.1) is 23.5 Å². The number of carbonyl (C=O) groups is 1. The Bertz CT molecular complexity index is 568. The quantitative estimate of drug-likeness (QED) is 0.893. The van der Waals surface area contributed by atoms with Crippen LogP contribution in [0.15, 0.2) is 18.2 Å². The molecule has 1 amide bonds. The summed E-state index contributed by atoms with van der Waals surface area (Å²) in [6.45, 7) is 3.82. The number of nitrogens with two attached hydrogens (primary N) is 1. The van der Waals surface area contributed by atoms with Crippen LogP contribution >= 0.6 is 0 Å². The molecule has 1 aromatic rings. The van der Waals surface area contributed by atoms with E-state index in [-0.39, 0.29) is 29.8 Å². The topological polar surface area (TPSA) is 46.3 Å². The first-order chi connectivity index (χ1) is 11.3. The van der Waals surface area contributed by atoms with Gasteiger partial charge in [0.1, 0.15) is 11.6 Å². The van der Waals surface area contributed by atoms with Gasteiger partial charge in [-0.25, -0.2) is 8.78 Å². The number of amides is 1. The fourth-order valence-electron chi connectivity index (χ4n) is 3.62. The third-order valence-electron chi connectivity index (χ3n) is 5.20. The third kappa shape index (κ3) is 4.53. The van der Waals surface area contributed by atoms with Gasteiger partial charge < -0.3 is 10.6 Å². The highest BCUT2D eigenvalue weighted by Crippen LogP contribution is 2.30. The minimum Gasteiger partial charge on any atom is -0.343 e. The van der Waals surface area contributed by atoms with Gasteiger partial charge in [-0.3, -0.25) is 4.79 Å². The molecule has 0 aliphatic heterocycles.